The van der Waals surface area contributed by atoms with Crippen molar-refractivity contribution in [2.75, 3.05) is 19.8 Å². The van der Waals surface area contributed by atoms with E-state index in [0.29, 0.717) is 0 Å². The van der Waals surface area contributed by atoms with Crippen molar-refractivity contribution in [3.63, 3.8) is 0 Å². The van der Waals surface area contributed by atoms with Crippen molar-refractivity contribution >= 4 is 7.60 Å². The van der Waals surface area contributed by atoms with Gasteiger partial charge in [-0.05, 0) is 36.1 Å². The van der Waals surface area contributed by atoms with E-state index in [1.54, 1.807) is 4.90 Å². The Bertz CT molecular complexity index is 1540. The normalized spacial score (nSPS) is 20.2. The van der Waals surface area contributed by atoms with Gasteiger partial charge in [0.05, 0.1) is 45.7 Å². The molecule has 1 fully saturated rings. The molecule has 0 saturated carbocycles. The van der Waals surface area contributed by atoms with Crippen molar-refractivity contribution in [3.05, 3.63) is 144 Å². The fourth-order valence-electron chi connectivity index (χ4n) is 6.09. The zero-order chi connectivity index (χ0) is 33.8. The van der Waals surface area contributed by atoms with Crippen LogP contribution < -0.4 is 0 Å². The van der Waals surface area contributed by atoms with Gasteiger partial charge in [0.15, 0.2) is 0 Å². The van der Waals surface area contributed by atoms with Crippen LogP contribution in [0.25, 0.3) is 0 Å². The van der Waals surface area contributed by atoms with Crippen LogP contribution in [0, 0.1) is 0 Å². The molecule has 7 nitrogen and oxygen atoms in total. The fraction of sp³-hybridized carbons (Fsp3) is 0.368. The molecular formula is C38H44F2NO6P. The number of benzene rings is 4. The van der Waals surface area contributed by atoms with Gasteiger partial charge in [0.25, 0.3) is 0 Å². The largest absolute Gasteiger partial charge is 0.401 e. The minimum Gasteiger partial charge on any atom is -0.375 e. The molecular weight excluding hydrogens is 635 g/mol. The van der Waals surface area contributed by atoms with Crippen LogP contribution in [-0.4, -0.2) is 54.7 Å². The minimum absolute atomic E-state index is 0.0353. The summed E-state index contributed by atoms with van der Waals surface area (Å²) in [5.74, 6) is 0. The van der Waals surface area contributed by atoms with Gasteiger partial charge in [-0.1, -0.05) is 121 Å². The molecule has 0 aliphatic carbocycles. The Morgan fingerprint density at radius 2 is 1.04 bits per heavy atom. The molecule has 0 unspecified atom stereocenters. The van der Waals surface area contributed by atoms with E-state index < -0.39 is 37.6 Å². The molecule has 1 aliphatic rings. The summed E-state index contributed by atoms with van der Waals surface area (Å²) in [6.07, 6.45) is -2.15. The smallest absolute Gasteiger partial charge is 0.375 e. The highest BCUT2D eigenvalue weighted by atomic mass is 31.2. The van der Waals surface area contributed by atoms with E-state index >= 15 is 8.78 Å². The second-order valence-corrected chi connectivity index (χ2v) is 13.7. The Hall–Kier alpha value is -3.27. The van der Waals surface area contributed by atoms with Crippen LogP contribution in [-0.2, 0) is 54.2 Å². The zero-order valence-electron chi connectivity index (χ0n) is 27.4. The van der Waals surface area contributed by atoms with Crippen LogP contribution in [0.2, 0.25) is 0 Å². The molecule has 0 spiro atoms. The van der Waals surface area contributed by atoms with Crippen molar-refractivity contribution in [2.24, 2.45) is 0 Å². The molecule has 0 N–H and O–H groups in total. The van der Waals surface area contributed by atoms with Gasteiger partial charge in [0.2, 0.25) is 0 Å². The van der Waals surface area contributed by atoms with Crippen LogP contribution in [0.3, 0.4) is 0 Å². The number of hydrogen-bond acceptors (Lipinski definition) is 7. The summed E-state index contributed by atoms with van der Waals surface area (Å²) in [5, 5.41) is 0. The maximum Gasteiger partial charge on any atom is 0.401 e. The lowest BCUT2D eigenvalue weighted by molar-refractivity contribution is -0.114. The van der Waals surface area contributed by atoms with Gasteiger partial charge >= 0.3 is 13.3 Å². The first-order chi connectivity index (χ1) is 23.4. The molecule has 0 aromatic heterocycles. The molecule has 0 amide bonds. The van der Waals surface area contributed by atoms with Gasteiger partial charge in [0, 0.05) is 6.54 Å². The zero-order valence-corrected chi connectivity index (χ0v) is 28.3. The highest BCUT2D eigenvalue weighted by molar-refractivity contribution is 7.55. The van der Waals surface area contributed by atoms with E-state index in [2.05, 4.69) is 0 Å². The van der Waals surface area contributed by atoms with E-state index in [9.17, 15) is 4.57 Å². The quantitative estimate of drug-likeness (QED) is 0.0978. The summed E-state index contributed by atoms with van der Waals surface area (Å²) in [6, 6.07) is 35.4. The van der Waals surface area contributed by atoms with Crippen molar-refractivity contribution < 1.29 is 36.6 Å². The second-order valence-electron chi connectivity index (χ2n) is 11.6. The maximum atomic E-state index is 17.2. The molecule has 4 atom stereocenters. The van der Waals surface area contributed by atoms with Gasteiger partial charge in [-0.25, -0.2) is 0 Å². The van der Waals surface area contributed by atoms with E-state index in [0.717, 1.165) is 22.3 Å². The lowest BCUT2D eigenvalue weighted by atomic mass is 10.1. The van der Waals surface area contributed by atoms with E-state index in [4.69, 9.17) is 23.3 Å². The molecule has 10 heteroatoms. The highest BCUT2D eigenvalue weighted by Gasteiger charge is 2.68. The SMILES string of the molecule is CCOP(=O)(OCC)C(F)(F)[C@H]1[C@@H](OCc2ccccc2)[C@H](OCc2ccccc2)[C@@H](COCc2ccccc2)N1Cc1ccccc1. The average Bonchev–Trinajstić information content (AvgIpc) is 3.40. The lowest BCUT2D eigenvalue weighted by Gasteiger charge is -2.38. The summed E-state index contributed by atoms with van der Waals surface area (Å²) < 4.78 is 78.5. The van der Waals surface area contributed by atoms with Crippen LogP contribution in [0.15, 0.2) is 121 Å². The number of halogens is 2. The fourth-order valence-corrected chi connectivity index (χ4v) is 7.81. The molecule has 4 aromatic rings. The van der Waals surface area contributed by atoms with Crippen LogP contribution in [0.5, 0.6) is 0 Å². The Morgan fingerprint density at radius 3 is 1.50 bits per heavy atom. The first-order valence-corrected chi connectivity index (χ1v) is 17.9. The Kier molecular flexibility index (Phi) is 13.1. The standard InChI is InChI=1S/C38H44F2NO6P/c1-3-46-48(42,47-4-2)38(39,40)37-36(45-28-33-23-15-8-16-24-33)35(44-27-32-21-13-7-14-22-32)34(29-43-26-31-19-11-6-12-20-31)41(37)25-30-17-9-5-10-18-30/h5-24,34-37H,3-4,25-29H2,1-2H3/t34-,35-,36+,37-/m1/s1. The van der Waals surface area contributed by atoms with Gasteiger partial charge < -0.3 is 23.3 Å². The molecule has 256 valence electrons. The first kappa shape index (κ1) is 36.0. The number of nitrogens with zero attached hydrogens (tertiary/aromatic N) is 1. The molecule has 4 aromatic carbocycles. The predicted molar refractivity (Wildman–Crippen MR) is 182 cm³/mol. The van der Waals surface area contributed by atoms with E-state index in [-0.39, 0.29) is 46.2 Å². The summed E-state index contributed by atoms with van der Waals surface area (Å²) >= 11 is 0. The molecule has 0 radical (unpaired) electrons. The molecule has 48 heavy (non-hydrogen) atoms. The summed E-state index contributed by atoms with van der Waals surface area (Å²) in [4.78, 5) is 1.62. The number of ether oxygens (including phenoxy) is 3. The third-order valence-electron chi connectivity index (χ3n) is 8.30. The molecule has 0 bridgehead atoms. The van der Waals surface area contributed by atoms with E-state index in [1.165, 1.54) is 13.8 Å². The monoisotopic (exact) mass is 679 g/mol. The van der Waals surface area contributed by atoms with Crippen molar-refractivity contribution in [1.29, 1.82) is 0 Å². The number of likely N-dealkylation sites (tertiary alicyclic amines) is 1. The average molecular weight is 680 g/mol. The first-order valence-electron chi connectivity index (χ1n) is 16.4. The maximum absolute atomic E-state index is 17.2. The van der Waals surface area contributed by atoms with Gasteiger partial charge in [0.1, 0.15) is 18.2 Å². The van der Waals surface area contributed by atoms with Crippen molar-refractivity contribution in [1.82, 2.24) is 4.90 Å². The lowest BCUT2D eigenvalue weighted by Crippen LogP contribution is -2.52. The van der Waals surface area contributed by atoms with Gasteiger partial charge in [-0.2, -0.15) is 8.78 Å². The highest BCUT2D eigenvalue weighted by Crippen LogP contribution is 2.65. The number of hydrogen-bond donors (Lipinski definition) is 0. The molecule has 1 saturated heterocycles. The van der Waals surface area contributed by atoms with Crippen molar-refractivity contribution in [2.45, 2.75) is 70.2 Å². The number of rotatable bonds is 18. The Labute approximate surface area is 282 Å². The molecule has 5 rings (SSSR count). The summed E-state index contributed by atoms with van der Waals surface area (Å²) in [6.45, 7) is 3.21. The topological polar surface area (TPSA) is 66.5 Å². The minimum atomic E-state index is -5.00. The van der Waals surface area contributed by atoms with Crippen molar-refractivity contribution in [3.8, 4) is 0 Å². The molecule has 1 heterocycles. The van der Waals surface area contributed by atoms with Crippen LogP contribution >= 0.6 is 7.60 Å². The Morgan fingerprint density at radius 1 is 0.625 bits per heavy atom. The summed E-state index contributed by atoms with van der Waals surface area (Å²) in [7, 11) is -5.00. The van der Waals surface area contributed by atoms with Crippen LogP contribution in [0.1, 0.15) is 36.1 Å². The third kappa shape index (κ3) is 8.84. The van der Waals surface area contributed by atoms with Gasteiger partial charge in [-0.3, -0.25) is 9.46 Å². The predicted octanol–water partition coefficient (Wildman–Crippen LogP) is 8.49. The summed E-state index contributed by atoms with van der Waals surface area (Å²) in [5.41, 5.74) is -0.570. The van der Waals surface area contributed by atoms with Crippen LogP contribution in [0.4, 0.5) is 8.78 Å². The third-order valence-corrected chi connectivity index (χ3v) is 10.5. The van der Waals surface area contributed by atoms with Gasteiger partial charge in [-0.15, -0.1) is 0 Å². The molecule has 1 aliphatic heterocycles. The second kappa shape index (κ2) is 17.4. The Balaban J connectivity index is 1.59. The van der Waals surface area contributed by atoms with E-state index in [1.807, 2.05) is 121 Å². The number of alkyl halides is 2.